The monoisotopic (exact) mass is 346 g/mol. The molecule has 0 N–H and O–H groups in total. The summed E-state index contributed by atoms with van der Waals surface area (Å²) in [6.45, 7) is 0. The molecule has 0 aliphatic carbocycles. The van der Waals surface area contributed by atoms with E-state index in [4.69, 9.17) is 23.2 Å². The van der Waals surface area contributed by atoms with Gasteiger partial charge in [0.25, 0.3) is 0 Å². The molecule has 5 heteroatoms. The van der Waals surface area contributed by atoms with Gasteiger partial charge in [0.15, 0.2) is 5.78 Å². The van der Waals surface area contributed by atoms with Crippen LogP contribution in [0.4, 0.5) is 4.39 Å². The highest BCUT2D eigenvalue weighted by Gasteiger charge is 2.16. The predicted octanol–water partition coefficient (Wildman–Crippen LogP) is 5.13. The van der Waals surface area contributed by atoms with E-state index in [9.17, 15) is 9.18 Å². The van der Waals surface area contributed by atoms with Crippen LogP contribution in [0.5, 0.6) is 0 Å². The summed E-state index contributed by atoms with van der Waals surface area (Å²) in [4.78, 5) is 12.3. The standard InChI is InChI=1S/C13H6BrCl2FO/c14-11-3-2-8(17)6-9(11)13(18)10-5-7(15)1-4-12(10)16/h1-6H. The quantitative estimate of drug-likeness (QED) is 0.688. The van der Waals surface area contributed by atoms with E-state index in [1.54, 1.807) is 6.07 Å². The van der Waals surface area contributed by atoms with Gasteiger partial charge < -0.3 is 0 Å². The summed E-state index contributed by atoms with van der Waals surface area (Å²) < 4.78 is 13.7. The number of rotatable bonds is 2. The van der Waals surface area contributed by atoms with Gasteiger partial charge in [-0.3, -0.25) is 4.79 Å². The van der Waals surface area contributed by atoms with Crippen LogP contribution in [-0.2, 0) is 0 Å². The van der Waals surface area contributed by atoms with Crippen LogP contribution in [0.1, 0.15) is 15.9 Å². The highest BCUT2D eigenvalue weighted by atomic mass is 79.9. The minimum absolute atomic E-state index is 0.208. The second-order valence-corrected chi connectivity index (χ2v) is 5.28. The van der Waals surface area contributed by atoms with Crippen molar-refractivity contribution >= 4 is 44.9 Å². The van der Waals surface area contributed by atoms with Gasteiger partial charge in [-0.25, -0.2) is 4.39 Å². The fourth-order valence-corrected chi connectivity index (χ4v) is 2.29. The molecule has 0 fully saturated rings. The van der Waals surface area contributed by atoms with Crippen molar-refractivity contribution in [2.24, 2.45) is 0 Å². The lowest BCUT2D eigenvalue weighted by Crippen LogP contribution is -2.04. The molecule has 18 heavy (non-hydrogen) atoms. The third-order valence-electron chi connectivity index (χ3n) is 2.35. The first-order valence-corrected chi connectivity index (χ1v) is 6.49. The van der Waals surface area contributed by atoms with Crippen molar-refractivity contribution in [1.82, 2.24) is 0 Å². The summed E-state index contributed by atoms with van der Waals surface area (Å²) in [7, 11) is 0. The summed E-state index contributed by atoms with van der Waals surface area (Å²) in [6, 6.07) is 8.47. The molecule has 92 valence electrons. The molecule has 2 rings (SSSR count). The van der Waals surface area contributed by atoms with Crippen molar-refractivity contribution in [3.8, 4) is 0 Å². The second kappa shape index (κ2) is 5.39. The van der Waals surface area contributed by atoms with Crippen molar-refractivity contribution in [3.63, 3.8) is 0 Å². The first kappa shape index (κ1) is 13.5. The Morgan fingerprint density at radius 2 is 1.78 bits per heavy atom. The SMILES string of the molecule is O=C(c1cc(Cl)ccc1Cl)c1cc(F)ccc1Br. The lowest BCUT2D eigenvalue weighted by molar-refractivity contribution is 0.103. The molecule has 0 aliphatic rings. The molecule has 0 heterocycles. The second-order valence-electron chi connectivity index (χ2n) is 3.58. The number of hydrogen-bond donors (Lipinski definition) is 0. The molecular formula is C13H6BrCl2FO. The van der Waals surface area contributed by atoms with Gasteiger partial charge in [0.2, 0.25) is 0 Å². The van der Waals surface area contributed by atoms with Crippen molar-refractivity contribution < 1.29 is 9.18 Å². The lowest BCUT2D eigenvalue weighted by atomic mass is 10.0. The van der Waals surface area contributed by atoms with Crippen LogP contribution in [0.25, 0.3) is 0 Å². The van der Waals surface area contributed by atoms with Gasteiger partial charge in [0.1, 0.15) is 5.82 Å². The maximum atomic E-state index is 13.2. The molecule has 1 nitrogen and oxygen atoms in total. The van der Waals surface area contributed by atoms with E-state index >= 15 is 0 Å². The zero-order chi connectivity index (χ0) is 13.3. The number of carbonyl (C=O) groups excluding carboxylic acids is 1. The van der Waals surface area contributed by atoms with Gasteiger partial charge >= 0.3 is 0 Å². The first-order valence-electron chi connectivity index (χ1n) is 4.94. The normalized spacial score (nSPS) is 10.4. The van der Waals surface area contributed by atoms with Crippen LogP contribution in [0, 0.1) is 5.82 Å². The summed E-state index contributed by atoms with van der Waals surface area (Å²) >= 11 is 15.0. The number of ketones is 1. The summed E-state index contributed by atoms with van der Waals surface area (Å²) in [6.07, 6.45) is 0. The van der Waals surface area contributed by atoms with Gasteiger partial charge in [0, 0.05) is 20.6 Å². The Kier molecular flexibility index (Phi) is 4.05. The van der Waals surface area contributed by atoms with Crippen LogP contribution in [0.3, 0.4) is 0 Å². The fourth-order valence-electron chi connectivity index (χ4n) is 1.49. The minimum atomic E-state index is -0.486. The molecule has 0 aromatic heterocycles. The van der Waals surface area contributed by atoms with Gasteiger partial charge in [-0.2, -0.15) is 0 Å². The Labute approximate surface area is 122 Å². The van der Waals surface area contributed by atoms with Crippen molar-refractivity contribution in [1.29, 1.82) is 0 Å². The highest BCUT2D eigenvalue weighted by Crippen LogP contribution is 2.27. The number of carbonyl (C=O) groups is 1. The van der Waals surface area contributed by atoms with Crippen LogP contribution in [0.15, 0.2) is 40.9 Å². The Bertz CT molecular complexity index is 575. The zero-order valence-electron chi connectivity index (χ0n) is 8.88. The van der Waals surface area contributed by atoms with Crippen molar-refractivity contribution in [2.75, 3.05) is 0 Å². The van der Waals surface area contributed by atoms with E-state index in [0.717, 1.165) is 6.07 Å². The maximum absolute atomic E-state index is 13.2. The molecule has 0 saturated carbocycles. The van der Waals surface area contributed by atoms with E-state index < -0.39 is 5.82 Å². The topological polar surface area (TPSA) is 17.1 Å². The van der Waals surface area contributed by atoms with E-state index in [1.807, 2.05) is 0 Å². The smallest absolute Gasteiger partial charge is 0.195 e. The maximum Gasteiger partial charge on any atom is 0.195 e. The molecule has 0 spiro atoms. The predicted molar refractivity (Wildman–Crippen MR) is 74.0 cm³/mol. The molecular weight excluding hydrogens is 342 g/mol. The number of hydrogen-bond acceptors (Lipinski definition) is 1. The van der Waals surface area contributed by atoms with E-state index in [-0.39, 0.29) is 21.9 Å². The van der Waals surface area contributed by atoms with Crippen molar-refractivity contribution in [2.45, 2.75) is 0 Å². The largest absolute Gasteiger partial charge is 0.289 e. The van der Waals surface area contributed by atoms with Crippen LogP contribution >= 0.6 is 39.1 Å². The molecule has 0 atom stereocenters. The fraction of sp³-hybridized carbons (Fsp3) is 0. The van der Waals surface area contributed by atoms with Gasteiger partial charge in [-0.05, 0) is 36.4 Å². The number of halogens is 4. The molecule has 0 aliphatic heterocycles. The Balaban J connectivity index is 2.54. The minimum Gasteiger partial charge on any atom is -0.289 e. The van der Waals surface area contributed by atoms with E-state index in [1.165, 1.54) is 24.3 Å². The zero-order valence-corrected chi connectivity index (χ0v) is 12.0. The third kappa shape index (κ3) is 2.74. The van der Waals surface area contributed by atoms with E-state index in [0.29, 0.717) is 9.50 Å². The molecule has 0 bridgehead atoms. The first-order chi connectivity index (χ1) is 8.49. The summed E-state index contributed by atoms with van der Waals surface area (Å²) in [5.41, 5.74) is 0.453. The van der Waals surface area contributed by atoms with E-state index in [2.05, 4.69) is 15.9 Å². The number of benzene rings is 2. The van der Waals surface area contributed by atoms with Crippen molar-refractivity contribution in [3.05, 3.63) is 67.9 Å². The van der Waals surface area contributed by atoms with Gasteiger partial charge in [0.05, 0.1) is 5.02 Å². The molecule has 2 aromatic carbocycles. The third-order valence-corrected chi connectivity index (χ3v) is 3.60. The molecule has 0 unspecified atom stereocenters. The highest BCUT2D eigenvalue weighted by molar-refractivity contribution is 9.10. The Morgan fingerprint density at radius 1 is 1.06 bits per heavy atom. The summed E-state index contributed by atoms with van der Waals surface area (Å²) in [5, 5.41) is 0.677. The van der Waals surface area contributed by atoms with Crippen LogP contribution < -0.4 is 0 Å². The molecule has 0 radical (unpaired) electrons. The van der Waals surface area contributed by atoms with Crippen LogP contribution in [-0.4, -0.2) is 5.78 Å². The Morgan fingerprint density at radius 3 is 2.50 bits per heavy atom. The van der Waals surface area contributed by atoms with Crippen LogP contribution in [0.2, 0.25) is 10.0 Å². The Hall–Kier alpha value is -0.900. The molecule has 0 amide bonds. The summed E-state index contributed by atoms with van der Waals surface area (Å²) in [5.74, 6) is -0.867. The van der Waals surface area contributed by atoms with Gasteiger partial charge in [-0.1, -0.05) is 39.1 Å². The lowest BCUT2D eigenvalue weighted by Gasteiger charge is -2.06. The molecule has 2 aromatic rings. The van der Waals surface area contributed by atoms with Gasteiger partial charge in [-0.15, -0.1) is 0 Å². The average Bonchev–Trinajstić information content (AvgIpc) is 2.34. The average molecular weight is 348 g/mol. The molecule has 0 saturated heterocycles.